The molecule has 1 amide bonds. The van der Waals surface area contributed by atoms with Crippen molar-refractivity contribution >= 4 is 5.91 Å². The van der Waals surface area contributed by atoms with Gasteiger partial charge in [-0.15, -0.1) is 0 Å². The molecule has 204 valence electrons. The van der Waals surface area contributed by atoms with E-state index in [1.807, 2.05) is 0 Å². The van der Waals surface area contributed by atoms with E-state index in [1.54, 1.807) is 38.1 Å². The average Bonchev–Trinajstić information content (AvgIpc) is 2.83. The van der Waals surface area contributed by atoms with Crippen LogP contribution in [0.1, 0.15) is 46.1 Å². The van der Waals surface area contributed by atoms with E-state index in [4.69, 9.17) is 18.9 Å². The van der Waals surface area contributed by atoms with E-state index >= 15 is 0 Å². The average molecular weight is 520 g/mol. The Labute approximate surface area is 217 Å². The van der Waals surface area contributed by atoms with Crippen molar-refractivity contribution in [3.63, 3.8) is 0 Å². The third-order valence-corrected chi connectivity index (χ3v) is 6.37. The van der Waals surface area contributed by atoms with Gasteiger partial charge in [0.1, 0.15) is 35.6 Å². The number of ether oxygens (including phenoxy) is 4. The van der Waals surface area contributed by atoms with E-state index in [0.717, 1.165) is 18.4 Å². The van der Waals surface area contributed by atoms with E-state index < -0.39 is 36.0 Å². The van der Waals surface area contributed by atoms with Crippen LogP contribution in [0, 0.1) is 5.82 Å². The Hall–Kier alpha value is -2.72. The Morgan fingerprint density at radius 3 is 2.59 bits per heavy atom. The molecule has 0 saturated carbocycles. The summed E-state index contributed by atoms with van der Waals surface area (Å²) in [7, 11) is 1.44. The van der Waals surface area contributed by atoms with Crippen molar-refractivity contribution in [2.75, 3.05) is 20.3 Å². The lowest BCUT2D eigenvalue weighted by molar-refractivity contribution is -0.305. The van der Waals surface area contributed by atoms with Crippen LogP contribution in [-0.2, 0) is 20.7 Å². The molecule has 1 aliphatic rings. The lowest BCUT2D eigenvalue weighted by atomic mass is 9.89. The minimum Gasteiger partial charge on any atom is -0.493 e. The molecule has 1 heterocycles. The Kier molecular flexibility index (Phi) is 9.89. The molecule has 37 heavy (non-hydrogen) atoms. The maximum absolute atomic E-state index is 14.2. The molecule has 1 saturated heterocycles. The van der Waals surface area contributed by atoms with Gasteiger partial charge in [0.25, 0.3) is 0 Å². The molecule has 2 aromatic rings. The van der Waals surface area contributed by atoms with Gasteiger partial charge >= 0.3 is 0 Å². The normalized spacial score (nSPS) is 22.9. The highest BCUT2D eigenvalue weighted by atomic mass is 19.1. The van der Waals surface area contributed by atoms with Crippen LogP contribution >= 0.6 is 0 Å². The Bertz CT molecular complexity index is 1060. The van der Waals surface area contributed by atoms with Crippen molar-refractivity contribution in [1.82, 2.24) is 5.32 Å². The Balaban J connectivity index is 2.04. The third kappa shape index (κ3) is 7.19. The number of methoxy groups -OCH3 is 1. The number of hydrogen-bond donors (Lipinski definition) is 3. The number of halogens is 1. The molecule has 1 fully saturated rings. The molecule has 0 unspecified atom stereocenters. The van der Waals surface area contributed by atoms with E-state index in [1.165, 1.54) is 26.2 Å². The molecule has 3 N–H and O–H groups in total. The SMILES string of the molecule is CCCCOc1cc(O[C@@H]2OC(C)(C)[C@H](OC)[C@@H](O)[C@H]2O)cc(-c2cccc(F)c2)c1CCNC(C)=O. The first-order chi connectivity index (χ1) is 17.6. The monoisotopic (exact) mass is 519 g/mol. The van der Waals surface area contributed by atoms with E-state index in [9.17, 15) is 19.4 Å². The standard InChI is InChI=1S/C28H38FNO7/c1-6-7-13-35-23-16-20(36-27-25(33)24(32)26(34-5)28(3,4)37-27)15-22(18-9-8-10-19(29)14-18)21(23)11-12-30-17(2)31/h8-10,14-16,24-27,32-33H,6-7,11-13H2,1-5H3,(H,30,31)/t24-,25+,26+,27+/m0/s1. The first-order valence-electron chi connectivity index (χ1n) is 12.6. The minimum absolute atomic E-state index is 0.153. The van der Waals surface area contributed by atoms with Gasteiger partial charge in [0.05, 0.1) is 12.2 Å². The molecule has 0 aliphatic carbocycles. The van der Waals surface area contributed by atoms with Crippen LogP contribution in [0.5, 0.6) is 11.5 Å². The third-order valence-electron chi connectivity index (χ3n) is 6.37. The van der Waals surface area contributed by atoms with Crippen molar-refractivity contribution in [2.45, 2.75) is 77.2 Å². The number of rotatable bonds is 11. The summed E-state index contributed by atoms with van der Waals surface area (Å²) in [4.78, 5) is 11.5. The second kappa shape index (κ2) is 12.7. The molecule has 0 aromatic heterocycles. The van der Waals surface area contributed by atoms with Gasteiger partial charge in [0, 0.05) is 32.2 Å². The quantitative estimate of drug-likeness (QED) is 0.390. The van der Waals surface area contributed by atoms with Crippen LogP contribution in [0.4, 0.5) is 4.39 Å². The van der Waals surface area contributed by atoms with Crippen molar-refractivity contribution < 1.29 is 38.3 Å². The van der Waals surface area contributed by atoms with Crippen LogP contribution in [-0.4, -0.2) is 66.6 Å². The summed E-state index contributed by atoms with van der Waals surface area (Å²) in [5.41, 5.74) is 1.11. The minimum atomic E-state index is -1.38. The van der Waals surface area contributed by atoms with Crippen molar-refractivity contribution in [2.24, 2.45) is 0 Å². The molecule has 0 spiro atoms. The van der Waals surface area contributed by atoms with E-state index in [0.29, 0.717) is 42.2 Å². The smallest absolute Gasteiger partial charge is 0.229 e. The molecule has 0 radical (unpaired) electrons. The second-order valence-electron chi connectivity index (χ2n) is 9.74. The number of aliphatic hydroxyl groups is 2. The van der Waals surface area contributed by atoms with Crippen LogP contribution in [0.2, 0.25) is 0 Å². The molecular formula is C28H38FNO7. The molecule has 2 aromatic carbocycles. The van der Waals surface area contributed by atoms with Crippen molar-refractivity contribution in [3.05, 3.63) is 47.8 Å². The summed E-state index contributed by atoms with van der Waals surface area (Å²) in [6.45, 7) is 7.82. The van der Waals surface area contributed by atoms with Gasteiger partial charge in [0.2, 0.25) is 12.2 Å². The predicted molar refractivity (Wildman–Crippen MR) is 137 cm³/mol. The first-order valence-corrected chi connectivity index (χ1v) is 12.6. The van der Waals surface area contributed by atoms with E-state index in [2.05, 4.69) is 12.2 Å². The highest BCUT2D eigenvalue weighted by Gasteiger charge is 2.50. The summed E-state index contributed by atoms with van der Waals surface area (Å²) >= 11 is 0. The van der Waals surface area contributed by atoms with Crippen LogP contribution in [0.15, 0.2) is 36.4 Å². The Morgan fingerprint density at radius 1 is 1.19 bits per heavy atom. The van der Waals surface area contributed by atoms with Gasteiger partial charge in [0.15, 0.2) is 0 Å². The van der Waals surface area contributed by atoms with Gasteiger partial charge in [-0.05, 0) is 56.0 Å². The molecule has 4 atom stereocenters. The zero-order valence-corrected chi connectivity index (χ0v) is 22.1. The zero-order chi connectivity index (χ0) is 27.2. The van der Waals surface area contributed by atoms with Gasteiger partial charge in [-0.25, -0.2) is 4.39 Å². The second-order valence-corrected chi connectivity index (χ2v) is 9.74. The van der Waals surface area contributed by atoms with Crippen LogP contribution < -0.4 is 14.8 Å². The molecule has 8 nitrogen and oxygen atoms in total. The molecular weight excluding hydrogens is 481 g/mol. The number of nitrogens with one attached hydrogen (secondary N) is 1. The number of unbranched alkanes of at least 4 members (excludes halogenated alkanes) is 1. The fourth-order valence-electron chi connectivity index (χ4n) is 4.52. The summed E-state index contributed by atoms with van der Waals surface area (Å²) in [6, 6.07) is 9.59. The largest absolute Gasteiger partial charge is 0.493 e. The highest BCUT2D eigenvalue weighted by Crippen LogP contribution is 2.39. The number of carbonyl (C=O) groups excluding carboxylic acids is 1. The maximum atomic E-state index is 14.2. The van der Waals surface area contributed by atoms with Crippen LogP contribution in [0.3, 0.4) is 0 Å². The zero-order valence-electron chi connectivity index (χ0n) is 22.1. The number of hydrogen-bond acceptors (Lipinski definition) is 7. The topological polar surface area (TPSA) is 106 Å². The summed E-state index contributed by atoms with van der Waals surface area (Å²) < 4.78 is 37.7. The van der Waals surface area contributed by atoms with Crippen molar-refractivity contribution in [1.29, 1.82) is 0 Å². The summed E-state index contributed by atoms with van der Waals surface area (Å²) in [5, 5.41) is 24.1. The predicted octanol–water partition coefficient (Wildman–Crippen LogP) is 3.60. The molecule has 0 bridgehead atoms. The fourth-order valence-corrected chi connectivity index (χ4v) is 4.52. The van der Waals surface area contributed by atoms with Gasteiger partial charge in [-0.2, -0.15) is 0 Å². The number of benzene rings is 2. The first kappa shape index (κ1) is 28.8. The molecule has 3 rings (SSSR count). The molecule has 9 heteroatoms. The van der Waals surface area contributed by atoms with Gasteiger partial charge < -0.3 is 34.5 Å². The fraction of sp³-hybridized carbons (Fsp3) is 0.536. The van der Waals surface area contributed by atoms with E-state index in [-0.39, 0.29) is 5.91 Å². The van der Waals surface area contributed by atoms with Gasteiger partial charge in [-0.3, -0.25) is 4.79 Å². The number of carbonyl (C=O) groups is 1. The summed E-state index contributed by atoms with van der Waals surface area (Å²) in [6.07, 6.45) is -2.35. The van der Waals surface area contributed by atoms with Crippen LogP contribution in [0.25, 0.3) is 11.1 Å². The number of aliphatic hydroxyl groups excluding tert-OH is 2. The van der Waals surface area contributed by atoms with Gasteiger partial charge in [-0.1, -0.05) is 25.5 Å². The van der Waals surface area contributed by atoms with Crippen molar-refractivity contribution in [3.8, 4) is 22.6 Å². The lowest BCUT2D eigenvalue weighted by Crippen LogP contribution is -2.63. The lowest BCUT2D eigenvalue weighted by Gasteiger charge is -2.46. The number of amides is 1. The summed E-state index contributed by atoms with van der Waals surface area (Å²) in [5.74, 6) is 0.290. The molecule has 1 aliphatic heterocycles. The highest BCUT2D eigenvalue weighted by molar-refractivity contribution is 5.74. The Morgan fingerprint density at radius 2 is 1.95 bits per heavy atom. The maximum Gasteiger partial charge on any atom is 0.229 e.